The number of carbonyl (C=O) groups excluding carboxylic acids is 6. The lowest BCUT2D eigenvalue weighted by Crippen LogP contribution is -2.65. The van der Waals surface area contributed by atoms with Crippen molar-refractivity contribution in [2.24, 2.45) is 0 Å². The van der Waals surface area contributed by atoms with Gasteiger partial charge < -0.3 is 41.7 Å². The topological polar surface area (TPSA) is 204 Å². The standard InChI is InChI=1S/C34H54N6O8S2/c1-4-5-6-12-19-48-33(47)36-17-11-10-15-26-31(45)40-34(3,24(2)41)32(46)35-18-21-50-49-20-16-28(42)39-27(22-25-13-8-7-9-14-25)30(44)37-23-29(43)38-26/h7-9,13-14,24,26-27,41H,4-6,10-12,15-23H2,1-3H3,(H,35,46)(H,36,47)(H,37,44)(H,38,43)(H,39,42)(H,40,45)/t24?,26-,27-,34-/m0/s1. The molecule has 6 amide bonds. The number of benzene rings is 1. The Kier molecular flexibility index (Phi) is 20.3. The molecule has 0 bridgehead atoms. The molecule has 0 aliphatic carbocycles. The number of amides is 6. The summed E-state index contributed by atoms with van der Waals surface area (Å²) in [6, 6.07) is 7.12. The summed E-state index contributed by atoms with van der Waals surface area (Å²) in [4.78, 5) is 77.8. The Morgan fingerprint density at radius 1 is 0.940 bits per heavy atom. The largest absolute Gasteiger partial charge is 0.450 e. The molecule has 7 N–H and O–H groups in total. The third kappa shape index (κ3) is 16.5. The van der Waals surface area contributed by atoms with E-state index < -0.39 is 60.0 Å². The Balaban J connectivity index is 2.13. The van der Waals surface area contributed by atoms with Crippen LogP contribution in [0.2, 0.25) is 0 Å². The highest BCUT2D eigenvalue weighted by molar-refractivity contribution is 8.76. The maximum atomic E-state index is 13.6. The zero-order valence-corrected chi connectivity index (χ0v) is 31.0. The summed E-state index contributed by atoms with van der Waals surface area (Å²) >= 11 is 0. The lowest BCUT2D eigenvalue weighted by molar-refractivity contribution is -0.139. The van der Waals surface area contributed by atoms with Gasteiger partial charge in [0.05, 0.1) is 19.3 Å². The molecule has 50 heavy (non-hydrogen) atoms. The van der Waals surface area contributed by atoms with Crippen LogP contribution in [-0.4, -0.2) is 102 Å². The minimum Gasteiger partial charge on any atom is -0.450 e. The van der Waals surface area contributed by atoms with Crippen molar-refractivity contribution < 1.29 is 38.6 Å². The molecule has 1 fully saturated rings. The van der Waals surface area contributed by atoms with Crippen molar-refractivity contribution in [3.63, 3.8) is 0 Å². The van der Waals surface area contributed by atoms with E-state index in [2.05, 4.69) is 38.8 Å². The minimum absolute atomic E-state index is 0.136. The van der Waals surface area contributed by atoms with E-state index in [-0.39, 0.29) is 38.3 Å². The Morgan fingerprint density at radius 3 is 2.38 bits per heavy atom. The van der Waals surface area contributed by atoms with Gasteiger partial charge in [0.1, 0.15) is 17.6 Å². The number of carbonyl (C=O) groups is 6. The first-order valence-corrected chi connectivity index (χ1v) is 19.8. The third-order valence-corrected chi connectivity index (χ3v) is 10.5. The van der Waals surface area contributed by atoms with Gasteiger partial charge in [0, 0.05) is 37.4 Å². The molecule has 4 atom stereocenters. The number of ether oxygens (including phenoxy) is 1. The van der Waals surface area contributed by atoms with Crippen molar-refractivity contribution in [2.75, 3.05) is 37.7 Å². The zero-order valence-electron chi connectivity index (χ0n) is 29.3. The molecule has 0 saturated carbocycles. The van der Waals surface area contributed by atoms with Crippen LogP contribution in [0.5, 0.6) is 0 Å². The Hall–Kier alpha value is -3.50. The van der Waals surface area contributed by atoms with Crippen LogP contribution in [0.15, 0.2) is 30.3 Å². The van der Waals surface area contributed by atoms with Crippen molar-refractivity contribution in [1.29, 1.82) is 0 Å². The number of alkyl carbamates (subject to hydrolysis) is 1. The van der Waals surface area contributed by atoms with E-state index in [9.17, 15) is 33.9 Å². The predicted octanol–water partition coefficient (Wildman–Crippen LogP) is 1.95. The molecule has 1 heterocycles. The highest BCUT2D eigenvalue weighted by Gasteiger charge is 2.41. The molecule has 2 rings (SSSR count). The maximum Gasteiger partial charge on any atom is 0.407 e. The Bertz CT molecular complexity index is 1240. The summed E-state index contributed by atoms with van der Waals surface area (Å²) in [5.74, 6) is -1.87. The number of unbranched alkanes of at least 4 members (excludes halogenated alkanes) is 4. The second-order valence-corrected chi connectivity index (χ2v) is 15.0. The smallest absolute Gasteiger partial charge is 0.407 e. The van der Waals surface area contributed by atoms with Gasteiger partial charge in [-0.25, -0.2) is 4.79 Å². The fourth-order valence-corrected chi connectivity index (χ4v) is 6.77. The van der Waals surface area contributed by atoms with Gasteiger partial charge in [-0.15, -0.1) is 0 Å². The molecule has 1 aliphatic heterocycles. The molecule has 1 aliphatic rings. The van der Waals surface area contributed by atoms with Crippen LogP contribution in [0.4, 0.5) is 4.79 Å². The van der Waals surface area contributed by atoms with Gasteiger partial charge in [0.2, 0.25) is 29.5 Å². The number of aliphatic hydroxyl groups is 1. The summed E-state index contributed by atoms with van der Waals surface area (Å²) in [6.07, 6.45) is 3.51. The van der Waals surface area contributed by atoms with E-state index in [4.69, 9.17) is 4.74 Å². The highest BCUT2D eigenvalue weighted by Crippen LogP contribution is 2.21. The Labute approximate surface area is 302 Å². The second-order valence-electron chi connectivity index (χ2n) is 12.3. The predicted molar refractivity (Wildman–Crippen MR) is 195 cm³/mol. The van der Waals surface area contributed by atoms with Crippen LogP contribution in [0, 0.1) is 0 Å². The van der Waals surface area contributed by atoms with Crippen LogP contribution in [-0.2, 0) is 35.1 Å². The van der Waals surface area contributed by atoms with E-state index in [0.29, 0.717) is 31.0 Å². The Morgan fingerprint density at radius 2 is 1.66 bits per heavy atom. The molecule has 0 radical (unpaired) electrons. The van der Waals surface area contributed by atoms with E-state index in [1.54, 1.807) is 0 Å². The van der Waals surface area contributed by atoms with Crippen LogP contribution in [0.25, 0.3) is 0 Å². The molecule has 0 spiro atoms. The molecule has 1 aromatic rings. The highest BCUT2D eigenvalue weighted by atomic mass is 33.1. The molecule has 0 aromatic heterocycles. The van der Waals surface area contributed by atoms with Gasteiger partial charge in [-0.05, 0) is 45.1 Å². The fraction of sp³-hybridized carbons (Fsp3) is 0.647. The van der Waals surface area contributed by atoms with Crippen LogP contribution >= 0.6 is 21.6 Å². The summed E-state index contributed by atoms with van der Waals surface area (Å²) in [5.41, 5.74) is -0.885. The average Bonchev–Trinajstić information content (AvgIpc) is 3.08. The summed E-state index contributed by atoms with van der Waals surface area (Å²) in [7, 11) is 2.89. The van der Waals surface area contributed by atoms with Gasteiger partial charge >= 0.3 is 6.09 Å². The van der Waals surface area contributed by atoms with Crippen LogP contribution in [0.3, 0.4) is 0 Å². The normalized spacial score (nSPS) is 22.5. The summed E-state index contributed by atoms with van der Waals surface area (Å²) in [6.45, 7) is 5.28. The lowest BCUT2D eigenvalue weighted by atomic mass is 9.93. The number of rotatable bonds is 13. The van der Waals surface area contributed by atoms with Crippen LogP contribution in [0.1, 0.15) is 77.7 Å². The van der Waals surface area contributed by atoms with E-state index in [1.807, 2.05) is 30.3 Å². The van der Waals surface area contributed by atoms with Gasteiger partial charge in [0.25, 0.3) is 0 Å². The van der Waals surface area contributed by atoms with Gasteiger partial charge in [0.15, 0.2) is 0 Å². The van der Waals surface area contributed by atoms with Crippen molar-refractivity contribution >= 4 is 57.2 Å². The summed E-state index contributed by atoms with van der Waals surface area (Å²) in [5, 5.41) is 26.6. The van der Waals surface area contributed by atoms with Gasteiger partial charge in [-0.3, -0.25) is 24.0 Å². The molecule has 280 valence electrons. The molecular weight excluding hydrogens is 685 g/mol. The van der Waals surface area contributed by atoms with Crippen molar-refractivity contribution in [3.05, 3.63) is 35.9 Å². The van der Waals surface area contributed by atoms with Crippen molar-refractivity contribution in [3.8, 4) is 0 Å². The molecule has 1 unspecified atom stereocenters. The first-order valence-electron chi connectivity index (χ1n) is 17.3. The number of hydrogen-bond donors (Lipinski definition) is 7. The molecule has 1 saturated heterocycles. The second kappa shape index (κ2) is 23.8. The third-order valence-electron chi connectivity index (χ3n) is 8.09. The average molecular weight is 739 g/mol. The van der Waals surface area contributed by atoms with Crippen molar-refractivity contribution in [1.82, 2.24) is 31.9 Å². The SMILES string of the molecule is CCCCCCOC(=O)NCCCC[C@@H]1NC(=O)CNC(=O)[C@H](Cc2ccccc2)NC(=O)CCSSCCNC(=O)[C@](C)(C(C)O)NC1=O. The first kappa shape index (κ1) is 42.7. The van der Waals surface area contributed by atoms with E-state index in [1.165, 1.54) is 35.4 Å². The number of hydrogen-bond acceptors (Lipinski definition) is 10. The minimum atomic E-state index is -1.71. The molecule has 16 heteroatoms. The molecule has 14 nitrogen and oxygen atoms in total. The maximum absolute atomic E-state index is 13.6. The fourth-order valence-electron chi connectivity index (χ4n) is 4.88. The van der Waals surface area contributed by atoms with Gasteiger partial charge in [-0.2, -0.15) is 0 Å². The monoisotopic (exact) mass is 738 g/mol. The summed E-state index contributed by atoms with van der Waals surface area (Å²) < 4.78 is 5.18. The molecule has 1 aromatic carbocycles. The van der Waals surface area contributed by atoms with Crippen LogP contribution < -0.4 is 31.9 Å². The van der Waals surface area contributed by atoms with Gasteiger partial charge in [-0.1, -0.05) is 78.1 Å². The number of nitrogens with one attached hydrogen (secondary N) is 6. The lowest BCUT2D eigenvalue weighted by Gasteiger charge is -2.34. The first-order chi connectivity index (χ1) is 24.0. The quantitative estimate of drug-likeness (QED) is 0.116. The van der Waals surface area contributed by atoms with E-state index in [0.717, 1.165) is 31.2 Å². The van der Waals surface area contributed by atoms with Crippen molar-refractivity contribution in [2.45, 2.75) is 102 Å². The zero-order chi connectivity index (χ0) is 36.8. The van der Waals surface area contributed by atoms with E-state index >= 15 is 0 Å². The molecular formula is C34H54N6O8S2. The number of aliphatic hydroxyl groups excluding tert-OH is 1.